The minimum atomic E-state index is -0.484. The van der Waals surface area contributed by atoms with Crippen molar-refractivity contribution in [3.63, 3.8) is 0 Å². The molecule has 1 aliphatic carbocycles. The Morgan fingerprint density at radius 3 is 2.87 bits per heavy atom. The molecule has 2 rings (SSSR count). The van der Waals surface area contributed by atoms with Crippen molar-refractivity contribution in [3.8, 4) is 0 Å². The van der Waals surface area contributed by atoms with Crippen molar-refractivity contribution in [2.45, 2.75) is 45.3 Å². The topological polar surface area (TPSA) is 60.2 Å². The SMILES string of the molecule is CCOC(C)(C)c1noc(NC2CC2)n1. The molecule has 1 aliphatic rings. The van der Waals surface area contributed by atoms with Crippen LogP contribution < -0.4 is 5.32 Å². The second-order valence-electron chi connectivity index (χ2n) is 4.29. The third-order valence-electron chi connectivity index (χ3n) is 2.37. The fourth-order valence-corrected chi connectivity index (χ4v) is 1.35. The average Bonchev–Trinajstić information content (AvgIpc) is 2.81. The Labute approximate surface area is 89.2 Å². The lowest BCUT2D eigenvalue weighted by Crippen LogP contribution is -2.23. The van der Waals surface area contributed by atoms with Crippen LogP contribution in [-0.2, 0) is 10.3 Å². The second-order valence-corrected chi connectivity index (χ2v) is 4.29. The molecule has 0 aromatic carbocycles. The maximum atomic E-state index is 5.54. The van der Waals surface area contributed by atoms with Crippen molar-refractivity contribution in [1.29, 1.82) is 0 Å². The van der Waals surface area contributed by atoms with Crippen LogP contribution in [0.2, 0.25) is 0 Å². The first-order chi connectivity index (χ1) is 7.12. The third kappa shape index (κ3) is 2.47. The Kier molecular flexibility index (Phi) is 2.65. The molecule has 15 heavy (non-hydrogen) atoms. The summed E-state index contributed by atoms with van der Waals surface area (Å²) in [6.45, 7) is 6.45. The van der Waals surface area contributed by atoms with Crippen LogP contribution in [0.3, 0.4) is 0 Å². The van der Waals surface area contributed by atoms with Gasteiger partial charge in [0, 0.05) is 12.6 Å². The molecule has 0 saturated heterocycles. The molecule has 0 amide bonds. The van der Waals surface area contributed by atoms with E-state index >= 15 is 0 Å². The third-order valence-corrected chi connectivity index (χ3v) is 2.37. The van der Waals surface area contributed by atoms with E-state index in [9.17, 15) is 0 Å². The van der Waals surface area contributed by atoms with Gasteiger partial charge in [0.15, 0.2) is 0 Å². The number of nitrogens with one attached hydrogen (secondary N) is 1. The summed E-state index contributed by atoms with van der Waals surface area (Å²) >= 11 is 0. The van der Waals surface area contributed by atoms with Gasteiger partial charge in [-0.1, -0.05) is 5.16 Å². The Morgan fingerprint density at radius 2 is 2.27 bits per heavy atom. The number of ether oxygens (including phenoxy) is 1. The van der Waals surface area contributed by atoms with E-state index in [1.807, 2.05) is 20.8 Å². The fraction of sp³-hybridized carbons (Fsp3) is 0.800. The minimum Gasteiger partial charge on any atom is -0.368 e. The molecule has 1 aromatic heterocycles. The van der Waals surface area contributed by atoms with Gasteiger partial charge in [0.2, 0.25) is 5.82 Å². The Bertz CT molecular complexity index is 331. The quantitative estimate of drug-likeness (QED) is 0.806. The molecular weight excluding hydrogens is 194 g/mol. The monoisotopic (exact) mass is 211 g/mol. The summed E-state index contributed by atoms with van der Waals surface area (Å²) in [5.41, 5.74) is -0.484. The van der Waals surface area contributed by atoms with Crippen LogP contribution in [0.5, 0.6) is 0 Å². The number of hydrogen-bond acceptors (Lipinski definition) is 5. The summed E-state index contributed by atoms with van der Waals surface area (Å²) in [5.74, 6) is 0.590. The molecule has 84 valence electrons. The van der Waals surface area contributed by atoms with Crippen molar-refractivity contribution in [1.82, 2.24) is 10.1 Å². The van der Waals surface area contributed by atoms with Crippen molar-refractivity contribution in [3.05, 3.63) is 5.82 Å². The molecule has 0 unspecified atom stereocenters. The fourth-order valence-electron chi connectivity index (χ4n) is 1.35. The van der Waals surface area contributed by atoms with Crippen LogP contribution in [0.4, 0.5) is 6.01 Å². The normalized spacial score (nSPS) is 16.7. The summed E-state index contributed by atoms with van der Waals surface area (Å²) in [4.78, 5) is 4.27. The Morgan fingerprint density at radius 1 is 1.53 bits per heavy atom. The summed E-state index contributed by atoms with van der Waals surface area (Å²) < 4.78 is 10.6. The molecule has 1 aromatic rings. The smallest absolute Gasteiger partial charge is 0.321 e. The van der Waals surface area contributed by atoms with Crippen molar-refractivity contribution in [2.75, 3.05) is 11.9 Å². The van der Waals surface area contributed by atoms with Crippen LogP contribution in [0.1, 0.15) is 39.4 Å². The van der Waals surface area contributed by atoms with Gasteiger partial charge in [-0.2, -0.15) is 4.98 Å². The average molecular weight is 211 g/mol. The zero-order chi connectivity index (χ0) is 10.9. The highest BCUT2D eigenvalue weighted by Gasteiger charge is 2.29. The lowest BCUT2D eigenvalue weighted by atomic mass is 10.1. The zero-order valence-corrected chi connectivity index (χ0v) is 9.41. The first kappa shape index (κ1) is 10.4. The molecule has 1 heterocycles. The second kappa shape index (κ2) is 3.81. The predicted octanol–water partition coefficient (Wildman–Crippen LogP) is 1.92. The number of hydrogen-bond donors (Lipinski definition) is 1. The molecular formula is C10H17N3O2. The number of nitrogens with zero attached hydrogens (tertiary/aromatic N) is 2. The minimum absolute atomic E-state index is 0.484. The number of rotatable bonds is 5. The van der Waals surface area contributed by atoms with Gasteiger partial charge in [0.25, 0.3) is 0 Å². The van der Waals surface area contributed by atoms with Gasteiger partial charge in [0.05, 0.1) is 0 Å². The summed E-state index contributed by atoms with van der Waals surface area (Å²) in [7, 11) is 0. The van der Waals surface area contributed by atoms with Crippen LogP contribution in [-0.4, -0.2) is 22.8 Å². The molecule has 0 spiro atoms. The van der Waals surface area contributed by atoms with Crippen LogP contribution in [0, 0.1) is 0 Å². The maximum Gasteiger partial charge on any atom is 0.321 e. The highest BCUT2D eigenvalue weighted by atomic mass is 16.5. The van der Waals surface area contributed by atoms with Gasteiger partial charge in [0.1, 0.15) is 5.60 Å². The summed E-state index contributed by atoms with van der Waals surface area (Å²) in [6.07, 6.45) is 2.37. The molecule has 1 fully saturated rings. The van der Waals surface area contributed by atoms with Gasteiger partial charge in [-0.3, -0.25) is 0 Å². The highest BCUT2D eigenvalue weighted by Crippen LogP contribution is 2.26. The van der Waals surface area contributed by atoms with E-state index in [2.05, 4.69) is 15.5 Å². The highest BCUT2D eigenvalue weighted by molar-refractivity contribution is 5.24. The molecule has 0 atom stereocenters. The van der Waals surface area contributed by atoms with E-state index in [0.717, 1.165) is 0 Å². The van der Waals surface area contributed by atoms with Gasteiger partial charge >= 0.3 is 6.01 Å². The molecule has 0 radical (unpaired) electrons. The predicted molar refractivity (Wildman–Crippen MR) is 55.6 cm³/mol. The first-order valence-electron chi connectivity index (χ1n) is 5.36. The van der Waals surface area contributed by atoms with Crippen molar-refractivity contribution >= 4 is 6.01 Å². The van der Waals surface area contributed by atoms with Crippen LogP contribution >= 0.6 is 0 Å². The van der Waals surface area contributed by atoms with Crippen molar-refractivity contribution in [2.24, 2.45) is 0 Å². The standard InChI is InChI=1S/C10H17N3O2/c1-4-14-10(2,3)8-12-9(15-13-8)11-7-5-6-7/h7H,4-6H2,1-3H3,(H,11,12,13). The van der Waals surface area contributed by atoms with Gasteiger partial charge < -0.3 is 14.6 Å². The maximum absolute atomic E-state index is 5.54. The van der Waals surface area contributed by atoms with Crippen molar-refractivity contribution < 1.29 is 9.26 Å². The van der Waals surface area contributed by atoms with Crippen LogP contribution in [0.25, 0.3) is 0 Å². The zero-order valence-electron chi connectivity index (χ0n) is 9.41. The van der Waals surface area contributed by atoms with E-state index in [-0.39, 0.29) is 0 Å². The lowest BCUT2D eigenvalue weighted by molar-refractivity contribution is -0.0221. The van der Waals surface area contributed by atoms with Crippen LogP contribution in [0.15, 0.2) is 4.52 Å². The largest absolute Gasteiger partial charge is 0.368 e. The van der Waals surface area contributed by atoms with E-state index in [1.165, 1.54) is 12.8 Å². The molecule has 0 bridgehead atoms. The summed E-state index contributed by atoms with van der Waals surface area (Å²) in [6, 6.07) is 1.02. The lowest BCUT2D eigenvalue weighted by Gasteiger charge is -2.19. The number of anilines is 1. The summed E-state index contributed by atoms with van der Waals surface area (Å²) in [5, 5.41) is 7.07. The van der Waals surface area contributed by atoms with E-state index < -0.39 is 5.60 Å². The van der Waals surface area contributed by atoms with E-state index in [0.29, 0.717) is 24.5 Å². The molecule has 1 saturated carbocycles. The molecule has 5 heteroatoms. The van der Waals surface area contributed by atoms with Gasteiger partial charge in [-0.25, -0.2) is 0 Å². The Hall–Kier alpha value is -1.10. The molecule has 5 nitrogen and oxygen atoms in total. The Balaban J connectivity index is 2.04. The van der Waals surface area contributed by atoms with E-state index in [1.54, 1.807) is 0 Å². The van der Waals surface area contributed by atoms with Gasteiger partial charge in [-0.05, 0) is 33.6 Å². The first-order valence-corrected chi connectivity index (χ1v) is 5.36. The molecule has 0 aliphatic heterocycles. The molecule has 1 N–H and O–H groups in total. The van der Waals surface area contributed by atoms with Gasteiger partial charge in [-0.15, -0.1) is 0 Å². The number of aromatic nitrogens is 2. The van der Waals surface area contributed by atoms with E-state index in [4.69, 9.17) is 9.26 Å².